The lowest BCUT2D eigenvalue weighted by atomic mass is 10.1. The van der Waals surface area contributed by atoms with Crippen molar-refractivity contribution in [2.24, 2.45) is 0 Å². The average molecular weight is 281 g/mol. The third-order valence-corrected chi connectivity index (χ3v) is 2.87. The summed E-state index contributed by atoms with van der Waals surface area (Å²) in [4.78, 5) is 11.0. The third kappa shape index (κ3) is 4.74. The summed E-state index contributed by atoms with van der Waals surface area (Å²) in [6, 6.07) is 5.12. The van der Waals surface area contributed by atoms with Crippen LogP contribution in [-0.2, 0) is 11.3 Å². The zero-order valence-corrected chi connectivity index (χ0v) is 12.3. The fourth-order valence-corrected chi connectivity index (χ4v) is 1.85. The Labute approximate surface area is 119 Å². The van der Waals surface area contributed by atoms with E-state index in [0.29, 0.717) is 37.7 Å². The first-order valence-corrected chi connectivity index (χ1v) is 6.97. The SMILES string of the molecule is CCOc1ccc(CNC(CC)C(=O)O)cc1OCC. The second-order valence-corrected chi connectivity index (χ2v) is 4.33. The van der Waals surface area contributed by atoms with E-state index in [-0.39, 0.29) is 0 Å². The van der Waals surface area contributed by atoms with Crippen molar-refractivity contribution in [1.29, 1.82) is 0 Å². The van der Waals surface area contributed by atoms with E-state index in [0.717, 1.165) is 5.56 Å². The van der Waals surface area contributed by atoms with Gasteiger partial charge < -0.3 is 19.9 Å². The molecule has 0 aliphatic heterocycles. The lowest BCUT2D eigenvalue weighted by Crippen LogP contribution is -2.35. The molecule has 1 rings (SSSR count). The van der Waals surface area contributed by atoms with Crippen molar-refractivity contribution in [2.75, 3.05) is 13.2 Å². The zero-order valence-electron chi connectivity index (χ0n) is 12.3. The molecule has 0 amide bonds. The highest BCUT2D eigenvalue weighted by molar-refractivity contribution is 5.73. The number of aliphatic carboxylic acids is 1. The molecule has 0 aliphatic carbocycles. The Morgan fingerprint density at radius 1 is 1.20 bits per heavy atom. The second kappa shape index (κ2) is 8.43. The Morgan fingerprint density at radius 2 is 1.85 bits per heavy atom. The van der Waals surface area contributed by atoms with E-state index < -0.39 is 12.0 Å². The maximum Gasteiger partial charge on any atom is 0.320 e. The van der Waals surface area contributed by atoms with Gasteiger partial charge in [-0.05, 0) is 38.0 Å². The molecule has 0 bridgehead atoms. The summed E-state index contributed by atoms with van der Waals surface area (Å²) in [5.74, 6) is 0.573. The number of carboxylic acids is 1. The maximum atomic E-state index is 11.0. The summed E-state index contributed by atoms with van der Waals surface area (Å²) in [5.41, 5.74) is 0.969. The van der Waals surface area contributed by atoms with Crippen molar-refractivity contribution < 1.29 is 19.4 Å². The quantitative estimate of drug-likeness (QED) is 0.727. The second-order valence-electron chi connectivity index (χ2n) is 4.33. The summed E-state index contributed by atoms with van der Waals surface area (Å²) < 4.78 is 11.0. The van der Waals surface area contributed by atoms with Crippen LogP contribution in [0.5, 0.6) is 11.5 Å². The molecule has 112 valence electrons. The van der Waals surface area contributed by atoms with Crippen LogP contribution in [0.2, 0.25) is 0 Å². The van der Waals surface area contributed by atoms with Gasteiger partial charge in [0.15, 0.2) is 11.5 Å². The van der Waals surface area contributed by atoms with Crippen molar-refractivity contribution in [1.82, 2.24) is 5.32 Å². The van der Waals surface area contributed by atoms with E-state index in [1.807, 2.05) is 39.0 Å². The predicted molar refractivity (Wildman–Crippen MR) is 77.3 cm³/mol. The molecule has 5 heteroatoms. The molecule has 0 aromatic heterocycles. The number of rotatable bonds is 9. The molecule has 1 aromatic rings. The molecule has 1 unspecified atom stereocenters. The Kier molecular flexibility index (Phi) is 6.87. The van der Waals surface area contributed by atoms with Crippen LogP contribution in [0.3, 0.4) is 0 Å². The van der Waals surface area contributed by atoms with E-state index in [2.05, 4.69) is 5.32 Å². The fourth-order valence-electron chi connectivity index (χ4n) is 1.85. The van der Waals surface area contributed by atoms with Crippen LogP contribution < -0.4 is 14.8 Å². The van der Waals surface area contributed by atoms with Gasteiger partial charge in [-0.1, -0.05) is 13.0 Å². The molecule has 0 saturated heterocycles. The maximum absolute atomic E-state index is 11.0. The van der Waals surface area contributed by atoms with Crippen LogP contribution >= 0.6 is 0 Å². The molecule has 0 fully saturated rings. The molecule has 0 heterocycles. The van der Waals surface area contributed by atoms with E-state index in [1.165, 1.54) is 0 Å². The number of hydrogen-bond acceptors (Lipinski definition) is 4. The predicted octanol–water partition coefficient (Wildman–Crippen LogP) is 2.44. The molecule has 1 aromatic carbocycles. The summed E-state index contributed by atoms with van der Waals surface area (Å²) in [5, 5.41) is 12.0. The molecule has 0 radical (unpaired) electrons. The number of nitrogens with one attached hydrogen (secondary N) is 1. The lowest BCUT2D eigenvalue weighted by Gasteiger charge is -2.15. The molecule has 0 saturated carbocycles. The highest BCUT2D eigenvalue weighted by Crippen LogP contribution is 2.28. The van der Waals surface area contributed by atoms with Gasteiger partial charge in [-0.25, -0.2) is 0 Å². The van der Waals surface area contributed by atoms with Crippen LogP contribution in [0, 0.1) is 0 Å². The topological polar surface area (TPSA) is 67.8 Å². The molecule has 0 spiro atoms. The average Bonchev–Trinajstić information content (AvgIpc) is 2.42. The van der Waals surface area contributed by atoms with Crippen molar-refractivity contribution in [3.05, 3.63) is 23.8 Å². The fraction of sp³-hybridized carbons (Fsp3) is 0.533. The molecule has 5 nitrogen and oxygen atoms in total. The number of ether oxygens (including phenoxy) is 2. The summed E-state index contributed by atoms with van der Waals surface area (Å²) in [7, 11) is 0. The van der Waals surface area contributed by atoms with Gasteiger partial charge >= 0.3 is 5.97 Å². The Bertz CT molecular complexity index is 434. The van der Waals surface area contributed by atoms with E-state index in [1.54, 1.807) is 0 Å². The van der Waals surface area contributed by atoms with Gasteiger partial charge in [0.25, 0.3) is 0 Å². The summed E-state index contributed by atoms with van der Waals surface area (Å²) in [6.45, 7) is 7.30. The monoisotopic (exact) mass is 281 g/mol. The zero-order chi connectivity index (χ0) is 15.0. The summed E-state index contributed by atoms with van der Waals surface area (Å²) in [6.07, 6.45) is 0.546. The number of hydrogen-bond donors (Lipinski definition) is 2. The van der Waals surface area contributed by atoms with Gasteiger partial charge in [0.1, 0.15) is 6.04 Å². The van der Waals surface area contributed by atoms with E-state index >= 15 is 0 Å². The lowest BCUT2D eigenvalue weighted by molar-refractivity contribution is -0.139. The minimum atomic E-state index is -0.830. The standard InChI is InChI=1S/C15H23NO4/c1-4-12(15(17)18)16-10-11-7-8-13(19-5-2)14(9-11)20-6-3/h7-9,12,16H,4-6,10H2,1-3H3,(H,17,18). The van der Waals surface area contributed by atoms with Crippen molar-refractivity contribution in [3.8, 4) is 11.5 Å². The first-order chi connectivity index (χ1) is 9.62. The Balaban J connectivity index is 2.75. The van der Waals surface area contributed by atoms with Crippen LogP contribution in [0.15, 0.2) is 18.2 Å². The first kappa shape index (κ1) is 16.3. The van der Waals surface area contributed by atoms with Gasteiger partial charge in [-0.15, -0.1) is 0 Å². The van der Waals surface area contributed by atoms with Crippen LogP contribution in [-0.4, -0.2) is 30.3 Å². The van der Waals surface area contributed by atoms with Gasteiger partial charge in [0.05, 0.1) is 13.2 Å². The minimum absolute atomic E-state index is 0.483. The van der Waals surface area contributed by atoms with E-state index in [4.69, 9.17) is 14.6 Å². The molecule has 20 heavy (non-hydrogen) atoms. The molecule has 0 aliphatic rings. The molecule has 1 atom stereocenters. The number of benzene rings is 1. The summed E-state index contributed by atoms with van der Waals surface area (Å²) >= 11 is 0. The number of carbonyl (C=O) groups is 1. The highest BCUT2D eigenvalue weighted by Gasteiger charge is 2.14. The van der Waals surface area contributed by atoms with Gasteiger partial charge in [-0.2, -0.15) is 0 Å². The first-order valence-electron chi connectivity index (χ1n) is 6.97. The molecule has 2 N–H and O–H groups in total. The van der Waals surface area contributed by atoms with Gasteiger partial charge in [0, 0.05) is 6.54 Å². The molecular weight excluding hydrogens is 258 g/mol. The van der Waals surface area contributed by atoms with Crippen LogP contribution in [0.25, 0.3) is 0 Å². The Hall–Kier alpha value is -1.75. The third-order valence-electron chi connectivity index (χ3n) is 2.87. The largest absolute Gasteiger partial charge is 0.490 e. The normalized spacial score (nSPS) is 11.9. The van der Waals surface area contributed by atoms with Crippen molar-refractivity contribution >= 4 is 5.97 Å². The highest BCUT2D eigenvalue weighted by atomic mass is 16.5. The smallest absolute Gasteiger partial charge is 0.320 e. The van der Waals surface area contributed by atoms with Gasteiger partial charge in [-0.3, -0.25) is 4.79 Å². The Morgan fingerprint density at radius 3 is 2.40 bits per heavy atom. The van der Waals surface area contributed by atoms with Crippen LogP contribution in [0.4, 0.5) is 0 Å². The number of carboxylic acid groups (broad SMARTS) is 1. The van der Waals surface area contributed by atoms with E-state index in [9.17, 15) is 4.79 Å². The van der Waals surface area contributed by atoms with Crippen LogP contribution in [0.1, 0.15) is 32.8 Å². The molecular formula is C15H23NO4. The van der Waals surface area contributed by atoms with Crippen molar-refractivity contribution in [2.45, 2.75) is 39.8 Å². The van der Waals surface area contributed by atoms with Crippen molar-refractivity contribution in [3.63, 3.8) is 0 Å². The minimum Gasteiger partial charge on any atom is -0.490 e. The van der Waals surface area contributed by atoms with Gasteiger partial charge in [0.2, 0.25) is 0 Å².